The van der Waals surface area contributed by atoms with Gasteiger partial charge < -0.3 is 5.11 Å². The topological polar surface area (TPSA) is 37.3 Å². The Bertz CT molecular complexity index is 573. The van der Waals surface area contributed by atoms with Crippen molar-refractivity contribution >= 4 is 23.6 Å². The van der Waals surface area contributed by atoms with Crippen LogP contribution in [0.5, 0.6) is 0 Å². The number of carboxylic acids is 1. The van der Waals surface area contributed by atoms with Crippen LogP contribution in [0.15, 0.2) is 60.7 Å². The summed E-state index contributed by atoms with van der Waals surface area (Å²) in [6.07, 6.45) is 2.67. The van der Waals surface area contributed by atoms with E-state index in [2.05, 4.69) is 0 Å². The first-order valence-electron chi connectivity index (χ1n) is 5.87. The Balaban J connectivity index is 2.16. The van der Waals surface area contributed by atoms with Gasteiger partial charge in [0.1, 0.15) is 0 Å². The predicted octanol–water partition coefficient (Wildman–Crippen LogP) is 4.11. The zero-order valence-electron chi connectivity index (χ0n) is 10.2. The van der Waals surface area contributed by atoms with Crippen molar-refractivity contribution in [3.63, 3.8) is 0 Å². The van der Waals surface area contributed by atoms with Gasteiger partial charge in [0.2, 0.25) is 0 Å². The standard InChI is InChI=1S/C16H13ClO2/c17-16(13-4-2-1-3-5-13)14-9-6-12(7-10-14)8-11-15(18)19/h1-11,16H,(H,18,19). The highest BCUT2D eigenvalue weighted by Gasteiger charge is 2.09. The molecule has 0 aliphatic rings. The molecule has 0 aliphatic carbocycles. The fourth-order valence-corrected chi connectivity index (χ4v) is 2.05. The molecule has 3 heteroatoms. The number of carboxylic acid groups (broad SMARTS) is 1. The van der Waals surface area contributed by atoms with Gasteiger partial charge in [0.05, 0.1) is 5.38 Å². The molecule has 1 atom stereocenters. The van der Waals surface area contributed by atoms with E-state index in [-0.39, 0.29) is 5.38 Å². The number of halogens is 1. The van der Waals surface area contributed by atoms with Crippen LogP contribution in [0, 0.1) is 0 Å². The van der Waals surface area contributed by atoms with E-state index in [9.17, 15) is 4.79 Å². The normalized spacial score (nSPS) is 12.5. The van der Waals surface area contributed by atoms with Crippen molar-refractivity contribution in [3.8, 4) is 0 Å². The van der Waals surface area contributed by atoms with Crippen LogP contribution in [0.2, 0.25) is 0 Å². The van der Waals surface area contributed by atoms with Crippen molar-refractivity contribution in [1.29, 1.82) is 0 Å². The summed E-state index contributed by atoms with van der Waals surface area (Å²) in [6, 6.07) is 17.3. The van der Waals surface area contributed by atoms with E-state index in [1.54, 1.807) is 6.08 Å². The molecule has 96 valence electrons. The lowest BCUT2D eigenvalue weighted by Gasteiger charge is -2.10. The largest absolute Gasteiger partial charge is 0.478 e. The van der Waals surface area contributed by atoms with Crippen LogP contribution in [-0.2, 0) is 4.79 Å². The van der Waals surface area contributed by atoms with Crippen molar-refractivity contribution < 1.29 is 9.90 Å². The Kier molecular flexibility index (Phi) is 4.37. The molecular formula is C16H13ClO2. The zero-order chi connectivity index (χ0) is 13.7. The fourth-order valence-electron chi connectivity index (χ4n) is 1.76. The molecule has 2 aromatic carbocycles. The molecule has 2 rings (SSSR count). The molecule has 0 aromatic heterocycles. The number of hydrogen-bond acceptors (Lipinski definition) is 1. The summed E-state index contributed by atoms with van der Waals surface area (Å²) >= 11 is 6.40. The number of alkyl halides is 1. The van der Waals surface area contributed by atoms with Gasteiger partial charge in [0.25, 0.3) is 0 Å². The Labute approximate surface area is 117 Å². The summed E-state index contributed by atoms with van der Waals surface area (Å²) < 4.78 is 0. The van der Waals surface area contributed by atoms with Gasteiger partial charge in [-0.1, -0.05) is 54.6 Å². The van der Waals surface area contributed by atoms with Crippen molar-refractivity contribution in [1.82, 2.24) is 0 Å². The highest BCUT2D eigenvalue weighted by molar-refractivity contribution is 6.22. The number of hydrogen-bond donors (Lipinski definition) is 1. The maximum absolute atomic E-state index is 10.4. The van der Waals surface area contributed by atoms with Gasteiger partial charge >= 0.3 is 5.97 Å². The van der Waals surface area contributed by atoms with Crippen LogP contribution in [0.25, 0.3) is 6.08 Å². The van der Waals surface area contributed by atoms with Crippen molar-refractivity contribution in [2.75, 3.05) is 0 Å². The Morgan fingerprint density at radius 2 is 1.58 bits per heavy atom. The summed E-state index contributed by atoms with van der Waals surface area (Å²) in [6.45, 7) is 0. The van der Waals surface area contributed by atoms with E-state index >= 15 is 0 Å². The minimum atomic E-state index is -0.955. The maximum atomic E-state index is 10.4. The van der Waals surface area contributed by atoms with E-state index in [1.165, 1.54) is 0 Å². The Hall–Kier alpha value is -2.06. The third kappa shape index (κ3) is 3.70. The molecule has 0 fully saturated rings. The summed E-state index contributed by atoms with van der Waals surface area (Å²) in [7, 11) is 0. The molecule has 1 unspecified atom stereocenters. The SMILES string of the molecule is O=C(O)C=Cc1ccc(C(Cl)c2ccccc2)cc1. The molecule has 0 saturated carbocycles. The molecule has 1 N–H and O–H groups in total. The second-order valence-corrected chi connectivity index (χ2v) is 4.55. The molecule has 0 heterocycles. The second kappa shape index (κ2) is 6.21. The van der Waals surface area contributed by atoms with E-state index < -0.39 is 5.97 Å². The average molecular weight is 273 g/mol. The summed E-state index contributed by atoms with van der Waals surface area (Å²) in [5, 5.41) is 8.36. The van der Waals surface area contributed by atoms with Crippen LogP contribution in [0.4, 0.5) is 0 Å². The first-order valence-corrected chi connectivity index (χ1v) is 6.30. The minimum Gasteiger partial charge on any atom is -0.478 e. The monoisotopic (exact) mass is 272 g/mol. The van der Waals surface area contributed by atoms with E-state index in [0.29, 0.717) is 0 Å². The van der Waals surface area contributed by atoms with Crippen LogP contribution in [-0.4, -0.2) is 11.1 Å². The number of benzene rings is 2. The molecule has 0 bridgehead atoms. The lowest BCUT2D eigenvalue weighted by molar-refractivity contribution is -0.131. The average Bonchev–Trinajstić information content (AvgIpc) is 2.46. The molecule has 2 aromatic rings. The van der Waals surface area contributed by atoms with Gasteiger partial charge in [-0.15, -0.1) is 11.6 Å². The number of rotatable bonds is 4. The summed E-state index contributed by atoms with van der Waals surface area (Å²) in [5.41, 5.74) is 2.86. The van der Waals surface area contributed by atoms with Crippen LogP contribution < -0.4 is 0 Å². The molecular weight excluding hydrogens is 260 g/mol. The third-order valence-corrected chi connectivity index (χ3v) is 3.24. The van der Waals surface area contributed by atoms with Gasteiger partial charge in [-0.2, -0.15) is 0 Å². The third-order valence-electron chi connectivity index (χ3n) is 2.74. The summed E-state index contributed by atoms with van der Waals surface area (Å²) in [5.74, 6) is -0.955. The number of carbonyl (C=O) groups is 1. The lowest BCUT2D eigenvalue weighted by Crippen LogP contribution is -1.92. The van der Waals surface area contributed by atoms with E-state index in [0.717, 1.165) is 22.8 Å². The number of aliphatic carboxylic acids is 1. The first-order chi connectivity index (χ1) is 9.16. The van der Waals surface area contributed by atoms with Gasteiger partial charge in [-0.05, 0) is 22.8 Å². The quantitative estimate of drug-likeness (QED) is 0.672. The van der Waals surface area contributed by atoms with Crippen LogP contribution in [0.1, 0.15) is 22.1 Å². The smallest absolute Gasteiger partial charge is 0.328 e. The molecule has 0 amide bonds. The maximum Gasteiger partial charge on any atom is 0.328 e. The van der Waals surface area contributed by atoms with Gasteiger partial charge in [0, 0.05) is 6.08 Å². The van der Waals surface area contributed by atoms with E-state index in [4.69, 9.17) is 16.7 Å². The van der Waals surface area contributed by atoms with Gasteiger partial charge in [-0.3, -0.25) is 0 Å². The molecule has 0 spiro atoms. The lowest BCUT2D eigenvalue weighted by atomic mass is 10.0. The van der Waals surface area contributed by atoms with E-state index in [1.807, 2.05) is 54.6 Å². The molecule has 0 aliphatic heterocycles. The Morgan fingerprint density at radius 1 is 1.00 bits per heavy atom. The highest BCUT2D eigenvalue weighted by Crippen LogP contribution is 2.28. The highest BCUT2D eigenvalue weighted by atomic mass is 35.5. The molecule has 0 saturated heterocycles. The van der Waals surface area contributed by atoms with Crippen molar-refractivity contribution in [2.24, 2.45) is 0 Å². The van der Waals surface area contributed by atoms with Crippen LogP contribution >= 0.6 is 11.6 Å². The molecule has 2 nitrogen and oxygen atoms in total. The van der Waals surface area contributed by atoms with Crippen molar-refractivity contribution in [3.05, 3.63) is 77.4 Å². The van der Waals surface area contributed by atoms with Crippen LogP contribution in [0.3, 0.4) is 0 Å². The molecule has 0 radical (unpaired) electrons. The Morgan fingerprint density at radius 3 is 2.16 bits per heavy atom. The second-order valence-electron chi connectivity index (χ2n) is 4.11. The minimum absolute atomic E-state index is 0.196. The summed E-state index contributed by atoms with van der Waals surface area (Å²) in [4.78, 5) is 10.4. The van der Waals surface area contributed by atoms with Gasteiger partial charge in [-0.25, -0.2) is 4.79 Å². The first kappa shape index (κ1) is 13.4. The van der Waals surface area contributed by atoms with Crippen molar-refractivity contribution in [2.45, 2.75) is 5.38 Å². The zero-order valence-corrected chi connectivity index (χ0v) is 10.9. The fraction of sp³-hybridized carbons (Fsp3) is 0.0625. The van der Waals surface area contributed by atoms with Gasteiger partial charge in [0.15, 0.2) is 0 Å². The predicted molar refractivity (Wildman–Crippen MR) is 77.2 cm³/mol. The molecule has 19 heavy (non-hydrogen) atoms.